The van der Waals surface area contributed by atoms with E-state index in [1.165, 1.54) is 7.11 Å². The van der Waals surface area contributed by atoms with Gasteiger partial charge in [-0.05, 0) is 14.1 Å². The second kappa shape index (κ2) is 7.63. The fraction of sp³-hybridized carbons (Fsp3) is 0.917. The third-order valence-electron chi connectivity index (χ3n) is 3.19. The number of carbonyl (C=O) groups excluding carboxylic acids is 1. The lowest BCUT2D eigenvalue weighted by atomic mass is 10.3. The molecular weight excluding hydrogens is 218 g/mol. The molecule has 5 nitrogen and oxygen atoms in total. The van der Waals surface area contributed by atoms with Gasteiger partial charge in [0.1, 0.15) is 0 Å². The minimum atomic E-state index is -0.111. The fourth-order valence-electron chi connectivity index (χ4n) is 1.93. The van der Waals surface area contributed by atoms with Gasteiger partial charge in [0.05, 0.1) is 13.5 Å². The third-order valence-corrected chi connectivity index (χ3v) is 3.19. The number of carbonyl (C=O) groups is 1. The lowest BCUT2D eigenvalue weighted by Crippen LogP contribution is -2.48. The molecule has 0 unspecified atom stereocenters. The van der Waals surface area contributed by atoms with E-state index in [1.54, 1.807) is 0 Å². The Balaban J connectivity index is 2.11. The van der Waals surface area contributed by atoms with Crippen LogP contribution in [0.4, 0.5) is 0 Å². The van der Waals surface area contributed by atoms with Crippen molar-refractivity contribution in [3.05, 3.63) is 0 Å². The highest BCUT2D eigenvalue weighted by atomic mass is 16.5. The summed E-state index contributed by atoms with van der Waals surface area (Å²) < 4.78 is 4.65. The van der Waals surface area contributed by atoms with Gasteiger partial charge < -0.3 is 14.5 Å². The smallest absolute Gasteiger partial charge is 0.306 e. The normalized spacial score (nSPS) is 18.6. The molecule has 1 rings (SSSR count). The molecule has 0 aromatic heterocycles. The van der Waals surface area contributed by atoms with Crippen molar-refractivity contribution in [1.29, 1.82) is 0 Å². The minimum absolute atomic E-state index is 0.111. The lowest BCUT2D eigenvalue weighted by molar-refractivity contribution is -0.141. The molecule has 0 N–H and O–H groups in total. The van der Waals surface area contributed by atoms with E-state index >= 15 is 0 Å². The van der Waals surface area contributed by atoms with Gasteiger partial charge in [0.25, 0.3) is 0 Å². The summed E-state index contributed by atoms with van der Waals surface area (Å²) in [5.41, 5.74) is 0. The third kappa shape index (κ3) is 6.00. The average molecular weight is 243 g/mol. The van der Waals surface area contributed by atoms with Crippen molar-refractivity contribution < 1.29 is 9.53 Å². The van der Waals surface area contributed by atoms with Crippen molar-refractivity contribution >= 4 is 5.97 Å². The van der Waals surface area contributed by atoms with Crippen LogP contribution in [0.3, 0.4) is 0 Å². The Morgan fingerprint density at radius 3 is 2.12 bits per heavy atom. The Hall–Kier alpha value is -0.650. The summed E-state index contributed by atoms with van der Waals surface area (Å²) in [4.78, 5) is 18.1. The molecule has 0 aromatic carbocycles. The van der Waals surface area contributed by atoms with E-state index in [4.69, 9.17) is 0 Å². The first kappa shape index (κ1) is 14.4. The van der Waals surface area contributed by atoms with Crippen LogP contribution in [0.15, 0.2) is 0 Å². The molecule has 1 saturated heterocycles. The Morgan fingerprint density at radius 1 is 1.12 bits per heavy atom. The summed E-state index contributed by atoms with van der Waals surface area (Å²) in [6.07, 6.45) is 0.508. The molecule has 0 amide bonds. The van der Waals surface area contributed by atoms with Crippen LogP contribution in [0.5, 0.6) is 0 Å². The summed E-state index contributed by atoms with van der Waals surface area (Å²) in [6, 6.07) is 0. The summed E-state index contributed by atoms with van der Waals surface area (Å²) >= 11 is 0. The first-order valence-corrected chi connectivity index (χ1v) is 6.28. The molecule has 0 saturated carbocycles. The van der Waals surface area contributed by atoms with E-state index < -0.39 is 0 Å². The highest BCUT2D eigenvalue weighted by Crippen LogP contribution is 2.02. The van der Waals surface area contributed by atoms with Gasteiger partial charge in [0.15, 0.2) is 0 Å². The van der Waals surface area contributed by atoms with Crippen LogP contribution in [0.25, 0.3) is 0 Å². The van der Waals surface area contributed by atoms with E-state index in [2.05, 4.69) is 33.5 Å². The molecule has 0 spiro atoms. The van der Waals surface area contributed by atoms with Crippen molar-refractivity contribution in [1.82, 2.24) is 14.7 Å². The summed E-state index contributed by atoms with van der Waals surface area (Å²) in [5.74, 6) is -0.111. The molecule has 100 valence electrons. The number of esters is 1. The zero-order valence-electron chi connectivity index (χ0n) is 11.3. The van der Waals surface area contributed by atoms with Gasteiger partial charge >= 0.3 is 5.97 Å². The zero-order valence-corrected chi connectivity index (χ0v) is 11.3. The van der Waals surface area contributed by atoms with Gasteiger partial charge in [-0.2, -0.15) is 0 Å². The van der Waals surface area contributed by atoms with Gasteiger partial charge in [-0.25, -0.2) is 0 Å². The predicted octanol–water partition coefficient (Wildman–Crippen LogP) is -0.271. The highest BCUT2D eigenvalue weighted by Gasteiger charge is 2.17. The standard InChI is InChI=1S/C12H25N3O2/c1-13(2)6-7-15-10-8-14(9-11-15)5-4-12(16)17-3/h4-11H2,1-3H3. The van der Waals surface area contributed by atoms with Crippen molar-refractivity contribution in [2.24, 2.45) is 0 Å². The van der Waals surface area contributed by atoms with E-state index in [0.29, 0.717) is 6.42 Å². The van der Waals surface area contributed by atoms with Crippen molar-refractivity contribution in [2.75, 3.05) is 67.0 Å². The van der Waals surface area contributed by atoms with Crippen LogP contribution < -0.4 is 0 Å². The Bertz CT molecular complexity index is 226. The quantitative estimate of drug-likeness (QED) is 0.600. The number of hydrogen-bond acceptors (Lipinski definition) is 5. The SMILES string of the molecule is COC(=O)CCN1CCN(CCN(C)C)CC1. The van der Waals surface area contributed by atoms with Crippen LogP contribution in [0.2, 0.25) is 0 Å². The van der Waals surface area contributed by atoms with E-state index in [1.807, 2.05) is 0 Å². The number of methoxy groups -OCH3 is 1. The summed E-state index contributed by atoms with van der Waals surface area (Å²) in [5, 5.41) is 0. The van der Waals surface area contributed by atoms with Crippen molar-refractivity contribution in [3.8, 4) is 0 Å². The molecule has 1 aliphatic rings. The molecule has 1 fully saturated rings. The number of piperazine rings is 1. The van der Waals surface area contributed by atoms with Gasteiger partial charge in [0.2, 0.25) is 0 Å². The first-order valence-electron chi connectivity index (χ1n) is 6.28. The van der Waals surface area contributed by atoms with Crippen LogP contribution in [0.1, 0.15) is 6.42 Å². The summed E-state index contributed by atoms with van der Waals surface area (Å²) in [6.45, 7) is 7.41. The maximum atomic E-state index is 11.0. The zero-order chi connectivity index (χ0) is 12.7. The largest absolute Gasteiger partial charge is 0.469 e. The van der Waals surface area contributed by atoms with E-state index in [0.717, 1.165) is 45.8 Å². The average Bonchev–Trinajstić information content (AvgIpc) is 2.34. The highest BCUT2D eigenvalue weighted by molar-refractivity contribution is 5.69. The second-order valence-electron chi connectivity index (χ2n) is 4.81. The molecule has 1 aliphatic heterocycles. The van der Waals surface area contributed by atoms with Crippen LogP contribution in [-0.4, -0.2) is 87.7 Å². The molecule has 0 atom stereocenters. The number of hydrogen-bond donors (Lipinski definition) is 0. The topological polar surface area (TPSA) is 36.0 Å². The second-order valence-corrected chi connectivity index (χ2v) is 4.81. The molecule has 0 aliphatic carbocycles. The maximum absolute atomic E-state index is 11.0. The molecule has 0 bridgehead atoms. The molecule has 0 radical (unpaired) electrons. The van der Waals surface area contributed by atoms with Gasteiger partial charge in [-0.3, -0.25) is 9.69 Å². The summed E-state index contributed by atoms with van der Waals surface area (Å²) in [7, 11) is 5.65. The molecular formula is C12H25N3O2. The van der Waals surface area contributed by atoms with Gasteiger partial charge in [-0.15, -0.1) is 0 Å². The lowest BCUT2D eigenvalue weighted by Gasteiger charge is -2.34. The molecule has 0 aromatic rings. The Kier molecular flexibility index (Phi) is 6.47. The number of rotatable bonds is 6. The monoisotopic (exact) mass is 243 g/mol. The van der Waals surface area contributed by atoms with Crippen molar-refractivity contribution in [3.63, 3.8) is 0 Å². The Morgan fingerprint density at radius 2 is 1.65 bits per heavy atom. The maximum Gasteiger partial charge on any atom is 0.306 e. The fourth-order valence-corrected chi connectivity index (χ4v) is 1.93. The van der Waals surface area contributed by atoms with Gasteiger partial charge in [-0.1, -0.05) is 0 Å². The number of ether oxygens (including phenoxy) is 1. The Labute approximate surface area is 104 Å². The van der Waals surface area contributed by atoms with Crippen LogP contribution >= 0.6 is 0 Å². The van der Waals surface area contributed by atoms with Crippen LogP contribution in [-0.2, 0) is 9.53 Å². The van der Waals surface area contributed by atoms with E-state index in [9.17, 15) is 4.79 Å². The van der Waals surface area contributed by atoms with Crippen molar-refractivity contribution in [2.45, 2.75) is 6.42 Å². The van der Waals surface area contributed by atoms with Gasteiger partial charge in [0, 0.05) is 45.8 Å². The molecule has 17 heavy (non-hydrogen) atoms. The number of nitrogens with zero attached hydrogens (tertiary/aromatic N) is 3. The first-order chi connectivity index (χ1) is 8.11. The molecule has 5 heteroatoms. The predicted molar refractivity (Wildman–Crippen MR) is 68.1 cm³/mol. The minimum Gasteiger partial charge on any atom is -0.469 e. The van der Waals surface area contributed by atoms with E-state index in [-0.39, 0.29) is 5.97 Å². The molecule has 1 heterocycles. The van der Waals surface area contributed by atoms with Crippen LogP contribution in [0, 0.1) is 0 Å². The number of likely N-dealkylation sites (N-methyl/N-ethyl adjacent to an activating group) is 1.